The van der Waals surface area contributed by atoms with Crippen molar-refractivity contribution in [3.8, 4) is 17.6 Å². The van der Waals surface area contributed by atoms with Crippen LogP contribution in [0.2, 0.25) is 0 Å². The zero-order chi connectivity index (χ0) is 20.4. The van der Waals surface area contributed by atoms with Gasteiger partial charge in [-0.2, -0.15) is 5.26 Å². The molecule has 4 rings (SSSR count). The van der Waals surface area contributed by atoms with E-state index in [1.807, 2.05) is 0 Å². The van der Waals surface area contributed by atoms with Gasteiger partial charge in [-0.15, -0.1) is 0 Å². The number of anilines is 2. The molecule has 3 N–H and O–H groups in total. The highest BCUT2D eigenvalue weighted by molar-refractivity contribution is 5.65. The lowest BCUT2D eigenvalue weighted by Crippen LogP contribution is -2.41. The number of pyridine rings is 1. The molecule has 0 saturated carbocycles. The van der Waals surface area contributed by atoms with Gasteiger partial charge in [-0.1, -0.05) is 6.58 Å². The van der Waals surface area contributed by atoms with Gasteiger partial charge in [-0.05, 0) is 25.0 Å². The van der Waals surface area contributed by atoms with Crippen LogP contribution in [-0.2, 0) is 0 Å². The number of nitrogens with one attached hydrogen (secondary N) is 1. The zero-order valence-electron chi connectivity index (χ0n) is 15.8. The molecule has 29 heavy (non-hydrogen) atoms. The summed E-state index contributed by atoms with van der Waals surface area (Å²) in [6, 6.07) is 5.21. The van der Waals surface area contributed by atoms with Crippen LogP contribution in [0.3, 0.4) is 0 Å². The summed E-state index contributed by atoms with van der Waals surface area (Å²) in [6.45, 7) is 5.60. The van der Waals surface area contributed by atoms with Crippen LogP contribution in [0.5, 0.6) is 0 Å². The molecule has 1 aliphatic heterocycles. The van der Waals surface area contributed by atoms with E-state index in [2.05, 4.69) is 37.8 Å². The number of imidazole rings is 1. The van der Waals surface area contributed by atoms with E-state index in [1.54, 1.807) is 22.9 Å². The highest BCUT2D eigenvalue weighted by Gasteiger charge is 2.22. The van der Waals surface area contributed by atoms with Crippen molar-refractivity contribution in [2.75, 3.05) is 24.1 Å². The number of hydrogen-bond acceptors (Lipinski definition) is 7. The van der Waals surface area contributed by atoms with Crippen molar-refractivity contribution in [3.63, 3.8) is 0 Å². The molecule has 0 bridgehead atoms. The maximum Gasteiger partial charge on any atom is 0.180 e. The smallest absolute Gasteiger partial charge is 0.180 e. The van der Waals surface area contributed by atoms with Crippen LogP contribution < -0.4 is 11.1 Å². The normalized spacial score (nSPS) is 16.6. The molecule has 1 aliphatic rings. The number of rotatable bonds is 5. The predicted octanol–water partition coefficient (Wildman–Crippen LogP) is 2.82. The predicted molar refractivity (Wildman–Crippen MR) is 108 cm³/mol. The fourth-order valence-electron chi connectivity index (χ4n) is 3.53. The van der Waals surface area contributed by atoms with Gasteiger partial charge in [0, 0.05) is 31.0 Å². The minimum absolute atomic E-state index is 0.115. The van der Waals surface area contributed by atoms with Gasteiger partial charge in [-0.3, -0.25) is 4.40 Å². The highest BCUT2D eigenvalue weighted by Crippen LogP contribution is 2.25. The Labute approximate surface area is 167 Å². The third-order valence-electron chi connectivity index (χ3n) is 5.01. The first-order chi connectivity index (χ1) is 14.0. The third kappa shape index (κ3) is 3.82. The van der Waals surface area contributed by atoms with Crippen LogP contribution in [0.15, 0.2) is 43.0 Å². The Kier molecular flexibility index (Phi) is 4.99. The monoisotopic (exact) mass is 392 g/mol. The summed E-state index contributed by atoms with van der Waals surface area (Å²) in [4.78, 5) is 15.3. The molecule has 0 spiro atoms. The van der Waals surface area contributed by atoms with Crippen LogP contribution in [0, 0.1) is 17.1 Å². The molecule has 4 heterocycles. The molecule has 0 unspecified atom stereocenters. The van der Waals surface area contributed by atoms with Crippen molar-refractivity contribution in [3.05, 3.63) is 48.8 Å². The summed E-state index contributed by atoms with van der Waals surface area (Å²) in [5.41, 5.74) is 8.53. The number of nitrogens with two attached hydrogens (primary N) is 1. The number of hydrogen-bond donors (Lipinski definition) is 2. The van der Waals surface area contributed by atoms with Crippen LogP contribution in [0.25, 0.3) is 17.2 Å². The second kappa shape index (κ2) is 7.75. The minimum Gasteiger partial charge on any atom is -0.394 e. The molecule has 0 aromatic carbocycles. The van der Waals surface area contributed by atoms with Crippen molar-refractivity contribution in [2.24, 2.45) is 0 Å². The van der Waals surface area contributed by atoms with E-state index < -0.39 is 0 Å². The Hall–Kier alpha value is -3.67. The Morgan fingerprint density at radius 3 is 3.07 bits per heavy atom. The molecule has 0 aliphatic carbocycles. The van der Waals surface area contributed by atoms with Crippen molar-refractivity contribution >= 4 is 17.2 Å². The Balaban J connectivity index is 1.58. The number of nitrogens with zero attached hydrogens (tertiary/aromatic N) is 6. The number of nitrogen functional groups attached to an aromatic ring is 1. The lowest BCUT2D eigenvalue weighted by Gasteiger charge is -2.35. The second-order valence-electron chi connectivity index (χ2n) is 7.05. The van der Waals surface area contributed by atoms with Gasteiger partial charge in [0.25, 0.3) is 0 Å². The largest absolute Gasteiger partial charge is 0.394 e. The summed E-state index contributed by atoms with van der Waals surface area (Å²) >= 11 is 0. The van der Waals surface area contributed by atoms with Crippen molar-refractivity contribution < 1.29 is 4.39 Å². The molecule has 0 radical (unpaired) electrons. The van der Waals surface area contributed by atoms with Gasteiger partial charge in [0.2, 0.25) is 0 Å². The van der Waals surface area contributed by atoms with Gasteiger partial charge in [0.15, 0.2) is 11.6 Å². The van der Waals surface area contributed by atoms with E-state index in [0.717, 1.165) is 31.6 Å². The standard InChI is InChI=1S/C20H21FN8/c1-13(6-7-22)28-8-2-3-15(12-28)26-19-16(23)9-25-20(27-19)17-10-24-18-5-4-14(21)11-29(17)18/h4-5,9-11,15H,1-3,6,8,12,23H2,(H,25,26,27)/t15-/m1/s1. The van der Waals surface area contributed by atoms with Gasteiger partial charge >= 0.3 is 0 Å². The molecular weight excluding hydrogens is 371 g/mol. The first-order valence-electron chi connectivity index (χ1n) is 9.37. The van der Waals surface area contributed by atoms with Crippen LogP contribution in [-0.4, -0.2) is 43.4 Å². The third-order valence-corrected chi connectivity index (χ3v) is 5.01. The fourth-order valence-corrected chi connectivity index (χ4v) is 3.53. The molecular formula is C20H21FN8. The van der Waals surface area contributed by atoms with Gasteiger partial charge in [-0.25, -0.2) is 19.3 Å². The molecule has 1 atom stereocenters. The average Bonchev–Trinajstić information content (AvgIpc) is 3.13. The number of likely N-dealkylation sites (tertiary alicyclic amines) is 1. The van der Waals surface area contributed by atoms with Crippen LogP contribution in [0.4, 0.5) is 15.9 Å². The van der Waals surface area contributed by atoms with Gasteiger partial charge < -0.3 is 16.0 Å². The summed E-state index contributed by atoms with van der Waals surface area (Å²) in [5.74, 6) is 0.561. The topological polar surface area (TPSA) is 108 Å². The average molecular weight is 392 g/mol. The Morgan fingerprint density at radius 2 is 2.24 bits per heavy atom. The number of fused-ring (bicyclic) bond motifs is 1. The second-order valence-corrected chi connectivity index (χ2v) is 7.05. The maximum absolute atomic E-state index is 13.7. The summed E-state index contributed by atoms with van der Waals surface area (Å²) in [5, 5.41) is 12.3. The van der Waals surface area contributed by atoms with E-state index in [4.69, 9.17) is 11.0 Å². The summed E-state index contributed by atoms with van der Waals surface area (Å²) < 4.78 is 15.3. The number of nitriles is 1. The van der Waals surface area contributed by atoms with Crippen molar-refractivity contribution in [1.29, 1.82) is 5.26 Å². The highest BCUT2D eigenvalue weighted by atomic mass is 19.1. The minimum atomic E-state index is -0.370. The quantitative estimate of drug-likeness (QED) is 0.687. The molecule has 0 amide bonds. The number of piperidine rings is 1. The van der Waals surface area contributed by atoms with Crippen molar-refractivity contribution in [2.45, 2.75) is 25.3 Å². The zero-order valence-corrected chi connectivity index (χ0v) is 15.8. The molecule has 1 saturated heterocycles. The van der Waals surface area contributed by atoms with Gasteiger partial charge in [0.05, 0.1) is 30.6 Å². The van der Waals surface area contributed by atoms with Crippen LogP contribution >= 0.6 is 0 Å². The maximum atomic E-state index is 13.7. The fraction of sp³-hybridized carbons (Fsp3) is 0.300. The van der Waals surface area contributed by atoms with Gasteiger partial charge in [0.1, 0.15) is 17.2 Å². The number of aromatic nitrogens is 4. The molecule has 8 nitrogen and oxygen atoms in total. The van der Waals surface area contributed by atoms with Crippen LogP contribution in [0.1, 0.15) is 19.3 Å². The molecule has 3 aromatic heterocycles. The molecule has 9 heteroatoms. The lowest BCUT2D eigenvalue weighted by atomic mass is 10.0. The Morgan fingerprint density at radius 1 is 1.38 bits per heavy atom. The first kappa shape index (κ1) is 18.7. The summed E-state index contributed by atoms with van der Waals surface area (Å²) in [7, 11) is 0. The molecule has 3 aromatic rings. The number of allylic oxidation sites excluding steroid dienone is 1. The number of halogens is 1. The molecule has 1 fully saturated rings. The lowest BCUT2D eigenvalue weighted by molar-refractivity contribution is 0.266. The van der Waals surface area contributed by atoms with E-state index in [9.17, 15) is 4.39 Å². The van der Waals surface area contributed by atoms with E-state index >= 15 is 0 Å². The van der Waals surface area contributed by atoms with E-state index in [0.29, 0.717) is 35.1 Å². The Bertz CT molecular complexity index is 1100. The first-order valence-corrected chi connectivity index (χ1v) is 9.37. The molecule has 148 valence electrons. The SMILES string of the molecule is C=C(CC#N)N1CCC[C@@H](Nc2nc(-c3cnc4ccc(F)cn34)ncc2N)C1. The summed E-state index contributed by atoms with van der Waals surface area (Å²) in [6.07, 6.45) is 6.75. The van der Waals surface area contributed by atoms with E-state index in [-0.39, 0.29) is 11.9 Å². The van der Waals surface area contributed by atoms with E-state index in [1.165, 1.54) is 12.3 Å². The van der Waals surface area contributed by atoms with Crippen molar-refractivity contribution in [1.82, 2.24) is 24.3 Å².